The highest BCUT2D eigenvalue weighted by Gasteiger charge is 2.25. The highest BCUT2D eigenvalue weighted by Crippen LogP contribution is 2.29. The fraction of sp³-hybridized carbons (Fsp3) is 0.391. The third-order valence-electron chi connectivity index (χ3n) is 5.59. The number of rotatable bonds is 7. The summed E-state index contributed by atoms with van der Waals surface area (Å²) in [6.07, 6.45) is 9.47. The molecule has 0 bridgehead atoms. The molecule has 0 atom stereocenters. The van der Waals surface area contributed by atoms with Gasteiger partial charge in [0.25, 0.3) is 0 Å². The van der Waals surface area contributed by atoms with E-state index in [0.717, 1.165) is 41.6 Å². The van der Waals surface area contributed by atoms with Gasteiger partial charge >= 0.3 is 0 Å². The predicted octanol–water partition coefficient (Wildman–Crippen LogP) is 4.60. The van der Waals surface area contributed by atoms with Crippen molar-refractivity contribution in [3.63, 3.8) is 0 Å². The summed E-state index contributed by atoms with van der Waals surface area (Å²) in [5, 5.41) is 9.58. The lowest BCUT2D eigenvalue weighted by molar-refractivity contribution is -0.131. The number of aromatic nitrogens is 4. The summed E-state index contributed by atoms with van der Waals surface area (Å²) < 4.78 is 2.02. The number of pyridine rings is 1. The lowest BCUT2D eigenvalue weighted by Crippen LogP contribution is -2.42. The predicted molar refractivity (Wildman–Crippen MR) is 120 cm³/mol. The van der Waals surface area contributed by atoms with E-state index in [9.17, 15) is 4.79 Å². The largest absolute Gasteiger partial charge is 0.339 e. The molecule has 7 heteroatoms. The topological polar surface area (TPSA) is 63.9 Å². The minimum atomic E-state index is 0.183. The van der Waals surface area contributed by atoms with Crippen LogP contribution in [-0.4, -0.2) is 48.9 Å². The molecule has 0 saturated heterocycles. The van der Waals surface area contributed by atoms with E-state index in [4.69, 9.17) is 0 Å². The molecule has 0 aliphatic heterocycles. The molecular formula is C23H27N5OS. The summed E-state index contributed by atoms with van der Waals surface area (Å²) in [4.78, 5) is 19.2. The number of benzene rings is 1. The van der Waals surface area contributed by atoms with Gasteiger partial charge in [0, 0.05) is 36.2 Å². The van der Waals surface area contributed by atoms with Gasteiger partial charge in [-0.1, -0.05) is 49.2 Å². The highest BCUT2D eigenvalue weighted by atomic mass is 32.2. The number of para-hydroxylation sites is 1. The molecule has 156 valence electrons. The van der Waals surface area contributed by atoms with Crippen LogP contribution in [0.25, 0.3) is 17.1 Å². The molecule has 0 spiro atoms. The molecule has 6 nitrogen and oxygen atoms in total. The first-order valence-corrected chi connectivity index (χ1v) is 11.6. The molecule has 30 heavy (non-hydrogen) atoms. The first-order valence-electron chi connectivity index (χ1n) is 10.6. The van der Waals surface area contributed by atoms with Gasteiger partial charge in [-0.3, -0.25) is 14.3 Å². The number of carbonyl (C=O) groups excluding carboxylic acids is 1. The van der Waals surface area contributed by atoms with Gasteiger partial charge in [-0.05, 0) is 44.0 Å². The molecule has 1 saturated carbocycles. The molecule has 1 aliphatic carbocycles. The van der Waals surface area contributed by atoms with Crippen LogP contribution in [0.1, 0.15) is 39.0 Å². The number of hydrogen-bond acceptors (Lipinski definition) is 5. The number of hydrogen-bond donors (Lipinski definition) is 0. The van der Waals surface area contributed by atoms with Crippen molar-refractivity contribution >= 4 is 17.7 Å². The minimum absolute atomic E-state index is 0.183. The Balaban J connectivity index is 1.57. The molecular weight excluding hydrogens is 394 g/mol. The van der Waals surface area contributed by atoms with Crippen molar-refractivity contribution in [3.05, 3.63) is 54.9 Å². The second-order valence-electron chi connectivity index (χ2n) is 7.47. The summed E-state index contributed by atoms with van der Waals surface area (Å²) in [6, 6.07) is 14.3. The van der Waals surface area contributed by atoms with Crippen LogP contribution in [0.15, 0.2) is 60.0 Å². The van der Waals surface area contributed by atoms with E-state index in [2.05, 4.69) is 27.0 Å². The van der Waals surface area contributed by atoms with Crippen LogP contribution in [-0.2, 0) is 4.79 Å². The fourth-order valence-electron chi connectivity index (χ4n) is 4.10. The van der Waals surface area contributed by atoms with Gasteiger partial charge in [0.1, 0.15) is 0 Å². The minimum Gasteiger partial charge on any atom is -0.339 e. The Hall–Kier alpha value is -2.67. The molecule has 0 unspecified atom stereocenters. The van der Waals surface area contributed by atoms with Crippen molar-refractivity contribution in [3.8, 4) is 17.1 Å². The van der Waals surface area contributed by atoms with Crippen LogP contribution in [0.2, 0.25) is 0 Å². The number of nitrogens with zero attached hydrogens (tertiary/aromatic N) is 5. The summed E-state index contributed by atoms with van der Waals surface area (Å²) in [5.41, 5.74) is 1.92. The van der Waals surface area contributed by atoms with Crippen LogP contribution in [0.4, 0.5) is 0 Å². The first-order chi connectivity index (χ1) is 14.8. The van der Waals surface area contributed by atoms with Gasteiger partial charge in [0.15, 0.2) is 11.0 Å². The van der Waals surface area contributed by atoms with Gasteiger partial charge in [-0.15, -0.1) is 10.2 Å². The van der Waals surface area contributed by atoms with Crippen LogP contribution in [0, 0.1) is 0 Å². The second kappa shape index (κ2) is 9.89. The molecule has 1 aromatic carbocycles. The lowest BCUT2D eigenvalue weighted by Gasteiger charge is -2.33. The molecule has 0 radical (unpaired) electrons. The Labute approximate surface area is 181 Å². The van der Waals surface area contributed by atoms with E-state index in [1.165, 1.54) is 31.0 Å². The molecule has 1 aliphatic rings. The van der Waals surface area contributed by atoms with E-state index in [1.807, 2.05) is 47.0 Å². The Morgan fingerprint density at radius 2 is 1.80 bits per heavy atom. The Morgan fingerprint density at radius 3 is 2.50 bits per heavy atom. The Kier molecular flexibility index (Phi) is 6.79. The maximum atomic E-state index is 13.0. The van der Waals surface area contributed by atoms with Gasteiger partial charge in [-0.2, -0.15) is 0 Å². The van der Waals surface area contributed by atoms with E-state index >= 15 is 0 Å². The maximum absolute atomic E-state index is 13.0. The average molecular weight is 422 g/mol. The van der Waals surface area contributed by atoms with E-state index < -0.39 is 0 Å². The zero-order valence-corrected chi connectivity index (χ0v) is 18.1. The van der Waals surface area contributed by atoms with E-state index in [-0.39, 0.29) is 5.91 Å². The fourth-order valence-corrected chi connectivity index (χ4v) is 4.94. The monoisotopic (exact) mass is 421 g/mol. The molecule has 4 rings (SSSR count). The third-order valence-corrected chi connectivity index (χ3v) is 6.50. The standard InChI is InChI=1S/C23H27N5OS/c1-2-27(19-9-5-3-6-10-19)21(29)17-30-23-26-25-22(18-13-15-24-16-14-18)28(23)20-11-7-4-8-12-20/h4,7-8,11-16,19H,2-3,5-6,9-10,17H2,1H3. The van der Waals surface area contributed by atoms with Gasteiger partial charge in [-0.25, -0.2) is 0 Å². The van der Waals surface area contributed by atoms with Gasteiger partial charge in [0.2, 0.25) is 5.91 Å². The number of amides is 1. The van der Waals surface area contributed by atoms with Crippen LogP contribution >= 0.6 is 11.8 Å². The molecule has 2 aromatic heterocycles. The molecule has 1 amide bonds. The zero-order valence-electron chi connectivity index (χ0n) is 17.3. The van der Waals surface area contributed by atoms with Gasteiger partial charge in [0.05, 0.1) is 5.75 Å². The smallest absolute Gasteiger partial charge is 0.233 e. The second-order valence-corrected chi connectivity index (χ2v) is 8.42. The summed E-state index contributed by atoms with van der Waals surface area (Å²) in [7, 11) is 0. The van der Waals surface area contributed by atoms with Crippen molar-refractivity contribution in [2.45, 2.75) is 50.2 Å². The van der Waals surface area contributed by atoms with Crippen LogP contribution in [0.5, 0.6) is 0 Å². The van der Waals surface area contributed by atoms with Crippen molar-refractivity contribution < 1.29 is 4.79 Å². The van der Waals surface area contributed by atoms with Crippen LogP contribution < -0.4 is 0 Å². The molecule has 3 aromatic rings. The van der Waals surface area contributed by atoms with Crippen molar-refractivity contribution in [1.29, 1.82) is 0 Å². The number of carbonyl (C=O) groups is 1. The van der Waals surface area contributed by atoms with E-state index in [1.54, 1.807) is 12.4 Å². The van der Waals surface area contributed by atoms with Crippen LogP contribution in [0.3, 0.4) is 0 Å². The molecule has 1 fully saturated rings. The average Bonchev–Trinajstić information content (AvgIpc) is 3.24. The highest BCUT2D eigenvalue weighted by molar-refractivity contribution is 7.99. The normalized spacial score (nSPS) is 14.6. The Bertz CT molecular complexity index is 954. The SMILES string of the molecule is CCN(C(=O)CSc1nnc(-c2ccncc2)n1-c1ccccc1)C1CCCCC1. The molecule has 0 N–H and O–H groups in total. The van der Waals surface area contributed by atoms with Crippen molar-refractivity contribution in [2.75, 3.05) is 12.3 Å². The van der Waals surface area contributed by atoms with Crippen molar-refractivity contribution in [2.24, 2.45) is 0 Å². The summed E-state index contributed by atoms with van der Waals surface area (Å²) in [5.74, 6) is 1.30. The molecule has 2 heterocycles. The third kappa shape index (κ3) is 4.56. The lowest BCUT2D eigenvalue weighted by atomic mass is 9.94. The summed E-state index contributed by atoms with van der Waals surface area (Å²) in [6.45, 7) is 2.84. The quantitative estimate of drug-likeness (QED) is 0.522. The zero-order chi connectivity index (χ0) is 20.8. The number of thioether (sulfide) groups is 1. The first kappa shape index (κ1) is 20.6. The van der Waals surface area contributed by atoms with Gasteiger partial charge < -0.3 is 4.90 Å². The van der Waals surface area contributed by atoms with E-state index in [0.29, 0.717) is 11.8 Å². The summed E-state index contributed by atoms with van der Waals surface area (Å²) >= 11 is 1.46. The van der Waals surface area contributed by atoms with Crippen molar-refractivity contribution in [1.82, 2.24) is 24.6 Å². The Morgan fingerprint density at radius 1 is 1.07 bits per heavy atom. The maximum Gasteiger partial charge on any atom is 0.233 e.